The highest BCUT2D eigenvalue weighted by molar-refractivity contribution is 6.05. The van der Waals surface area contributed by atoms with Crippen molar-refractivity contribution in [3.8, 4) is 5.75 Å². The number of carbonyl (C=O) groups excluding carboxylic acids is 3. The largest absolute Gasteiger partial charge is 0.482 e. The lowest BCUT2D eigenvalue weighted by molar-refractivity contribution is -0.170. The highest BCUT2D eigenvalue weighted by Crippen LogP contribution is 2.34. The number of carbonyl (C=O) groups is 3. The number of rotatable bonds is 4. The van der Waals surface area contributed by atoms with E-state index in [2.05, 4.69) is 0 Å². The van der Waals surface area contributed by atoms with Gasteiger partial charge < -0.3 is 4.74 Å². The average molecular weight is 306 g/mol. The smallest absolute Gasteiger partial charge is 0.268 e. The molecule has 1 aliphatic heterocycles. The molecular formula is C15H18N2O5. The van der Waals surface area contributed by atoms with E-state index in [4.69, 9.17) is 9.57 Å². The van der Waals surface area contributed by atoms with Crippen molar-refractivity contribution >= 4 is 23.3 Å². The van der Waals surface area contributed by atoms with Crippen LogP contribution in [0.2, 0.25) is 0 Å². The number of hydrogen-bond acceptors (Lipinski definition) is 5. The lowest BCUT2D eigenvalue weighted by Gasteiger charge is -2.34. The first-order chi connectivity index (χ1) is 10.4. The average Bonchev–Trinajstić information content (AvgIpc) is 2.51. The van der Waals surface area contributed by atoms with Crippen molar-refractivity contribution < 1.29 is 24.0 Å². The Kier molecular flexibility index (Phi) is 4.46. The quantitative estimate of drug-likeness (QED) is 0.613. The zero-order valence-corrected chi connectivity index (χ0v) is 13.0. The van der Waals surface area contributed by atoms with E-state index < -0.39 is 6.04 Å². The van der Waals surface area contributed by atoms with Gasteiger partial charge in [0.1, 0.15) is 11.8 Å². The molecule has 1 aromatic rings. The maximum atomic E-state index is 12.2. The molecule has 22 heavy (non-hydrogen) atoms. The number of nitrogens with zero attached hydrogens (tertiary/aromatic N) is 2. The number of amides is 2. The third-order valence-corrected chi connectivity index (χ3v) is 3.57. The highest BCUT2D eigenvalue weighted by Gasteiger charge is 2.34. The second kappa shape index (κ2) is 6.15. The van der Waals surface area contributed by atoms with Crippen molar-refractivity contribution in [1.82, 2.24) is 5.06 Å². The first-order valence-electron chi connectivity index (χ1n) is 6.78. The number of ketones is 1. The van der Waals surface area contributed by atoms with Gasteiger partial charge in [0.25, 0.3) is 11.8 Å². The zero-order chi connectivity index (χ0) is 16.4. The maximum Gasteiger partial charge on any atom is 0.268 e. The second-order valence-electron chi connectivity index (χ2n) is 4.99. The number of fused-ring (bicyclic) bond motifs is 1. The summed E-state index contributed by atoms with van der Waals surface area (Å²) in [5, 5.41) is 1.06. The Balaban J connectivity index is 2.44. The lowest BCUT2D eigenvalue weighted by atomic mass is 10.1. The summed E-state index contributed by atoms with van der Waals surface area (Å²) >= 11 is 0. The van der Waals surface area contributed by atoms with Crippen LogP contribution in [0, 0.1) is 0 Å². The van der Waals surface area contributed by atoms with Crippen LogP contribution in [0.5, 0.6) is 5.75 Å². The number of hydroxylamine groups is 2. The van der Waals surface area contributed by atoms with Crippen LogP contribution in [0.4, 0.5) is 5.69 Å². The van der Waals surface area contributed by atoms with Gasteiger partial charge in [-0.15, -0.1) is 0 Å². The van der Waals surface area contributed by atoms with Gasteiger partial charge in [0.05, 0.1) is 12.8 Å². The van der Waals surface area contributed by atoms with Crippen molar-refractivity contribution in [2.75, 3.05) is 25.7 Å². The Bertz CT molecular complexity index is 628. The van der Waals surface area contributed by atoms with Gasteiger partial charge in [0.15, 0.2) is 12.4 Å². The van der Waals surface area contributed by atoms with Gasteiger partial charge in [-0.05, 0) is 32.0 Å². The second-order valence-corrected chi connectivity index (χ2v) is 4.99. The van der Waals surface area contributed by atoms with Crippen LogP contribution in [-0.4, -0.2) is 49.5 Å². The molecular weight excluding hydrogens is 288 g/mol. The highest BCUT2D eigenvalue weighted by atomic mass is 16.7. The minimum absolute atomic E-state index is 0.131. The van der Waals surface area contributed by atoms with Crippen molar-refractivity contribution in [2.45, 2.75) is 19.9 Å². The molecule has 0 radical (unpaired) electrons. The van der Waals surface area contributed by atoms with Crippen LogP contribution >= 0.6 is 0 Å². The van der Waals surface area contributed by atoms with Gasteiger partial charge in [-0.25, -0.2) is 5.06 Å². The van der Waals surface area contributed by atoms with Gasteiger partial charge in [-0.2, -0.15) is 0 Å². The lowest BCUT2D eigenvalue weighted by Crippen LogP contribution is -2.51. The molecule has 118 valence electrons. The topological polar surface area (TPSA) is 76.2 Å². The number of anilines is 1. The Morgan fingerprint density at radius 3 is 2.68 bits per heavy atom. The normalized spacial score (nSPS) is 14.9. The number of benzene rings is 1. The van der Waals surface area contributed by atoms with Crippen LogP contribution in [0.15, 0.2) is 18.2 Å². The molecule has 0 saturated heterocycles. The molecule has 0 spiro atoms. The minimum Gasteiger partial charge on any atom is -0.482 e. The van der Waals surface area contributed by atoms with Crippen LogP contribution in [0.3, 0.4) is 0 Å². The first kappa shape index (κ1) is 16.0. The van der Waals surface area contributed by atoms with E-state index in [9.17, 15) is 14.4 Å². The first-order valence-corrected chi connectivity index (χ1v) is 6.78. The van der Waals surface area contributed by atoms with Crippen LogP contribution in [-0.2, 0) is 14.4 Å². The molecule has 2 amide bonds. The summed E-state index contributed by atoms with van der Waals surface area (Å²) in [5.41, 5.74) is 0.857. The molecule has 7 nitrogen and oxygen atoms in total. The summed E-state index contributed by atoms with van der Waals surface area (Å²) in [6.45, 7) is 2.89. The molecule has 2 rings (SSSR count). The van der Waals surface area contributed by atoms with E-state index in [1.54, 1.807) is 25.1 Å². The molecule has 1 aliphatic rings. The molecule has 7 heteroatoms. The predicted octanol–water partition coefficient (Wildman–Crippen LogP) is 1.02. The SMILES string of the molecule is CON(C)C(=O)C(C)N1C(=O)COc2ccc(C(C)=O)cc21. The molecule has 0 aliphatic carbocycles. The molecule has 0 saturated carbocycles. The van der Waals surface area contributed by atoms with E-state index in [0.717, 1.165) is 5.06 Å². The monoisotopic (exact) mass is 306 g/mol. The molecule has 1 atom stereocenters. The minimum atomic E-state index is -0.776. The van der Waals surface area contributed by atoms with Crippen molar-refractivity contribution in [2.24, 2.45) is 0 Å². The Labute approximate surface area is 128 Å². The van der Waals surface area contributed by atoms with E-state index in [0.29, 0.717) is 17.0 Å². The van der Waals surface area contributed by atoms with Gasteiger partial charge in [-0.1, -0.05) is 0 Å². The van der Waals surface area contributed by atoms with Crippen molar-refractivity contribution in [3.05, 3.63) is 23.8 Å². The molecule has 0 fully saturated rings. The third-order valence-electron chi connectivity index (χ3n) is 3.57. The van der Waals surface area contributed by atoms with Crippen LogP contribution in [0.25, 0.3) is 0 Å². The van der Waals surface area contributed by atoms with Crippen molar-refractivity contribution in [1.29, 1.82) is 0 Å². The molecule has 0 aromatic heterocycles. The van der Waals surface area contributed by atoms with E-state index in [-0.39, 0.29) is 24.2 Å². The standard InChI is InChI=1S/C15H18N2O5/c1-9(15(20)16(3)21-4)17-12-7-11(10(2)18)5-6-13(12)22-8-14(17)19/h5-7,9H,8H2,1-4H3. The molecule has 0 bridgehead atoms. The Hall–Kier alpha value is -2.41. The molecule has 1 heterocycles. The fourth-order valence-corrected chi connectivity index (χ4v) is 2.28. The number of hydrogen-bond donors (Lipinski definition) is 0. The van der Waals surface area contributed by atoms with Crippen LogP contribution < -0.4 is 9.64 Å². The van der Waals surface area contributed by atoms with Gasteiger partial charge >= 0.3 is 0 Å². The molecule has 0 N–H and O–H groups in total. The van der Waals surface area contributed by atoms with Gasteiger partial charge in [0, 0.05) is 12.6 Å². The fourth-order valence-electron chi connectivity index (χ4n) is 2.28. The molecule has 1 unspecified atom stereocenters. The van der Waals surface area contributed by atoms with E-state index in [1.807, 2.05) is 0 Å². The van der Waals surface area contributed by atoms with Gasteiger partial charge in [0.2, 0.25) is 0 Å². The molecule has 1 aromatic carbocycles. The summed E-state index contributed by atoms with van der Waals surface area (Å²) in [5.74, 6) is -0.395. The zero-order valence-electron chi connectivity index (χ0n) is 13.0. The fraction of sp³-hybridized carbons (Fsp3) is 0.400. The number of Topliss-reactive ketones (excluding diaryl/α,β-unsaturated/α-hetero) is 1. The Morgan fingerprint density at radius 2 is 2.09 bits per heavy atom. The number of likely N-dealkylation sites (N-methyl/N-ethyl adjacent to an activating group) is 1. The third kappa shape index (κ3) is 2.80. The van der Waals surface area contributed by atoms with Gasteiger partial charge in [-0.3, -0.25) is 24.1 Å². The summed E-state index contributed by atoms with van der Waals surface area (Å²) in [6, 6.07) is 4.04. The maximum absolute atomic E-state index is 12.2. The van der Waals surface area contributed by atoms with E-state index in [1.165, 1.54) is 26.0 Å². The van der Waals surface area contributed by atoms with Crippen LogP contribution in [0.1, 0.15) is 24.2 Å². The summed E-state index contributed by atoms with van der Waals surface area (Å²) in [6.07, 6.45) is 0. The van der Waals surface area contributed by atoms with E-state index >= 15 is 0 Å². The summed E-state index contributed by atoms with van der Waals surface area (Å²) < 4.78 is 5.36. The summed E-state index contributed by atoms with van der Waals surface area (Å²) in [7, 11) is 2.84. The number of ether oxygens (including phenoxy) is 1. The van der Waals surface area contributed by atoms with Crippen molar-refractivity contribution in [3.63, 3.8) is 0 Å². The predicted molar refractivity (Wildman–Crippen MR) is 78.7 cm³/mol. The summed E-state index contributed by atoms with van der Waals surface area (Å²) in [4.78, 5) is 42.2. The Morgan fingerprint density at radius 1 is 1.41 bits per heavy atom.